The van der Waals surface area contributed by atoms with Gasteiger partial charge in [-0.15, -0.1) is 0 Å². The Morgan fingerprint density at radius 1 is 0.487 bits per heavy atom. The van der Waals surface area contributed by atoms with Gasteiger partial charge in [0.1, 0.15) is 6.61 Å². The fourth-order valence-corrected chi connectivity index (χ4v) is 5.16. The predicted molar refractivity (Wildman–Crippen MR) is 168 cm³/mol. The number of hydrogen-bond acceptors (Lipinski definition) is 5. The number of esters is 2. The van der Waals surface area contributed by atoms with Gasteiger partial charge in [-0.05, 0) is 12.8 Å². The molecule has 0 aliphatic carbocycles. The van der Waals surface area contributed by atoms with Gasteiger partial charge < -0.3 is 14.0 Å². The number of unbranched alkanes of at least 4 members (excludes halogenated alkanes) is 22. The predicted octanol–water partition coefficient (Wildman–Crippen LogP) is 10.4. The van der Waals surface area contributed by atoms with Crippen LogP contribution in [0.1, 0.15) is 181 Å². The first-order valence-electron chi connectivity index (χ1n) is 16.8. The van der Waals surface area contributed by atoms with Crippen LogP contribution < -0.4 is 0 Å². The first-order chi connectivity index (χ1) is 19.1. The minimum Gasteiger partial charge on any atom is -0.462 e. The Morgan fingerprint density at radius 2 is 0.821 bits per heavy atom. The smallest absolute Gasteiger partial charge is 0.306 e. The lowest BCUT2D eigenvalue weighted by atomic mass is 10.0. The fraction of sp³-hybridized carbons (Fsp3) is 0.939. The zero-order chi connectivity index (χ0) is 28.7. The number of carbonyl (C=O) groups excluding carboxylic acids is 2. The maximum atomic E-state index is 12.2. The molecule has 0 fully saturated rings. The van der Waals surface area contributed by atoms with Gasteiger partial charge in [0.15, 0.2) is 6.10 Å². The highest BCUT2D eigenvalue weighted by molar-refractivity contribution is 7.09. The normalized spacial score (nSPS) is 12.0. The van der Waals surface area contributed by atoms with Crippen LogP contribution in [0, 0.1) is 0 Å². The van der Waals surface area contributed by atoms with Crippen molar-refractivity contribution in [2.24, 2.45) is 0 Å². The minimum atomic E-state index is -0.543. The molecule has 0 radical (unpaired) electrons. The standard InChI is InChI=1S/C33H65O5P/c1-3-5-7-9-11-13-15-16-18-19-21-23-25-27-32(34)36-29-31(30-37-39)38-33(35)28-26-24-22-20-17-14-12-10-8-6-4-2/h31H,3-30,39H2,1-2H3/t31-/m1/s1. The number of hydrogen-bond donors (Lipinski definition) is 0. The van der Waals surface area contributed by atoms with Crippen molar-refractivity contribution in [3.05, 3.63) is 0 Å². The van der Waals surface area contributed by atoms with Crippen LogP contribution in [-0.2, 0) is 23.6 Å². The number of rotatable bonds is 31. The quantitative estimate of drug-likeness (QED) is 0.0470. The third-order valence-electron chi connectivity index (χ3n) is 7.48. The van der Waals surface area contributed by atoms with Gasteiger partial charge >= 0.3 is 11.9 Å². The summed E-state index contributed by atoms with van der Waals surface area (Å²) in [5.41, 5.74) is 0. The summed E-state index contributed by atoms with van der Waals surface area (Å²) >= 11 is 0. The van der Waals surface area contributed by atoms with E-state index in [0.29, 0.717) is 12.8 Å². The molecule has 0 spiro atoms. The molecule has 0 saturated heterocycles. The van der Waals surface area contributed by atoms with Crippen LogP contribution in [0.25, 0.3) is 0 Å². The fourth-order valence-electron chi connectivity index (χ4n) is 4.95. The molecule has 0 aromatic rings. The van der Waals surface area contributed by atoms with Crippen LogP contribution in [0.4, 0.5) is 0 Å². The molecule has 2 atom stereocenters. The van der Waals surface area contributed by atoms with Gasteiger partial charge in [0.25, 0.3) is 0 Å². The first kappa shape index (κ1) is 38.3. The summed E-state index contributed by atoms with van der Waals surface area (Å²) in [5, 5.41) is 0. The van der Waals surface area contributed by atoms with Gasteiger partial charge in [-0.1, -0.05) is 155 Å². The van der Waals surface area contributed by atoms with E-state index in [4.69, 9.17) is 14.0 Å². The van der Waals surface area contributed by atoms with Gasteiger partial charge in [-0.2, -0.15) is 0 Å². The second kappa shape index (κ2) is 31.9. The largest absolute Gasteiger partial charge is 0.462 e. The van der Waals surface area contributed by atoms with Gasteiger partial charge in [-0.3, -0.25) is 9.59 Å². The van der Waals surface area contributed by atoms with Crippen molar-refractivity contribution in [3.63, 3.8) is 0 Å². The molecule has 0 aliphatic heterocycles. The van der Waals surface area contributed by atoms with Crippen LogP contribution in [0.3, 0.4) is 0 Å². The zero-order valence-corrected chi connectivity index (χ0v) is 27.1. The number of carbonyl (C=O) groups is 2. The van der Waals surface area contributed by atoms with Crippen LogP contribution in [0.2, 0.25) is 0 Å². The Bertz CT molecular complexity index is 528. The molecule has 0 saturated carbocycles. The Hall–Kier alpha value is -0.670. The monoisotopic (exact) mass is 572 g/mol. The van der Waals surface area contributed by atoms with Crippen molar-refractivity contribution in [1.29, 1.82) is 0 Å². The molecular formula is C33H65O5P. The molecular weight excluding hydrogens is 507 g/mol. The molecule has 0 heterocycles. The van der Waals surface area contributed by atoms with E-state index in [1.54, 1.807) is 0 Å². The summed E-state index contributed by atoms with van der Waals surface area (Å²) in [6.07, 6.45) is 30.7. The second-order valence-electron chi connectivity index (χ2n) is 11.4. The topological polar surface area (TPSA) is 61.8 Å². The highest BCUT2D eigenvalue weighted by Gasteiger charge is 2.17. The molecule has 0 aliphatic rings. The van der Waals surface area contributed by atoms with E-state index in [9.17, 15) is 9.59 Å². The average Bonchev–Trinajstić information content (AvgIpc) is 2.93. The lowest BCUT2D eigenvalue weighted by Gasteiger charge is -2.17. The van der Waals surface area contributed by atoms with Crippen molar-refractivity contribution < 1.29 is 23.6 Å². The van der Waals surface area contributed by atoms with E-state index in [-0.39, 0.29) is 25.2 Å². The summed E-state index contributed by atoms with van der Waals surface area (Å²) in [5.74, 6) is -0.446. The molecule has 0 N–H and O–H groups in total. The zero-order valence-electron chi connectivity index (χ0n) is 26.0. The van der Waals surface area contributed by atoms with Crippen molar-refractivity contribution in [1.82, 2.24) is 0 Å². The third-order valence-corrected chi connectivity index (χ3v) is 7.67. The maximum Gasteiger partial charge on any atom is 0.306 e. The molecule has 0 bridgehead atoms. The van der Waals surface area contributed by atoms with Crippen LogP contribution in [0.15, 0.2) is 0 Å². The molecule has 0 rings (SSSR count). The second-order valence-corrected chi connectivity index (χ2v) is 11.7. The van der Waals surface area contributed by atoms with Crippen LogP contribution >= 0.6 is 9.47 Å². The van der Waals surface area contributed by atoms with E-state index < -0.39 is 6.10 Å². The van der Waals surface area contributed by atoms with Crippen molar-refractivity contribution in [2.45, 2.75) is 187 Å². The minimum absolute atomic E-state index is 0.0652. The summed E-state index contributed by atoms with van der Waals surface area (Å²) in [4.78, 5) is 24.3. The van der Waals surface area contributed by atoms with Crippen molar-refractivity contribution in [3.8, 4) is 0 Å². The first-order valence-corrected chi connectivity index (χ1v) is 17.3. The summed E-state index contributed by atoms with van der Waals surface area (Å²) in [7, 11) is 2.17. The van der Waals surface area contributed by atoms with Crippen LogP contribution in [0.5, 0.6) is 0 Å². The van der Waals surface area contributed by atoms with E-state index in [1.165, 1.54) is 128 Å². The Morgan fingerprint density at radius 3 is 1.18 bits per heavy atom. The molecule has 39 heavy (non-hydrogen) atoms. The van der Waals surface area contributed by atoms with Gasteiger partial charge in [-0.25, -0.2) is 0 Å². The van der Waals surface area contributed by atoms with E-state index in [0.717, 1.165) is 25.7 Å². The highest BCUT2D eigenvalue weighted by Crippen LogP contribution is 2.14. The molecule has 5 nitrogen and oxygen atoms in total. The SMILES string of the molecule is CCCCCCCCCCCCCCCC(=O)OC[C@H](COP)OC(=O)CCCCCCCCCCCCC. The van der Waals surface area contributed by atoms with E-state index >= 15 is 0 Å². The summed E-state index contributed by atoms with van der Waals surface area (Å²) in [6, 6.07) is 0. The molecule has 6 heteroatoms. The average molecular weight is 573 g/mol. The molecule has 0 aromatic carbocycles. The Balaban J connectivity index is 3.65. The number of ether oxygens (including phenoxy) is 2. The maximum absolute atomic E-state index is 12.2. The van der Waals surface area contributed by atoms with Gasteiger partial charge in [0.05, 0.1) is 6.61 Å². The van der Waals surface area contributed by atoms with Crippen LogP contribution in [-0.4, -0.2) is 31.3 Å². The molecule has 232 valence electrons. The lowest BCUT2D eigenvalue weighted by molar-refractivity contribution is -0.160. The Kier molecular flexibility index (Phi) is 31.3. The van der Waals surface area contributed by atoms with Gasteiger partial charge in [0.2, 0.25) is 0 Å². The highest BCUT2D eigenvalue weighted by atomic mass is 31.0. The lowest BCUT2D eigenvalue weighted by Crippen LogP contribution is -2.28. The molecule has 1 unspecified atom stereocenters. The third kappa shape index (κ3) is 30.1. The van der Waals surface area contributed by atoms with E-state index in [2.05, 4.69) is 23.3 Å². The summed E-state index contributed by atoms with van der Waals surface area (Å²) in [6.45, 7) is 4.79. The Labute approximate surface area is 244 Å². The van der Waals surface area contributed by atoms with E-state index in [1.807, 2.05) is 0 Å². The van der Waals surface area contributed by atoms with Crippen molar-refractivity contribution in [2.75, 3.05) is 13.2 Å². The summed E-state index contributed by atoms with van der Waals surface area (Å²) < 4.78 is 16.0. The molecule has 0 aromatic heterocycles. The van der Waals surface area contributed by atoms with Crippen molar-refractivity contribution >= 4 is 21.4 Å². The van der Waals surface area contributed by atoms with Gasteiger partial charge in [0, 0.05) is 22.3 Å². The molecule has 0 amide bonds.